The van der Waals surface area contributed by atoms with Gasteiger partial charge in [-0.05, 0) is 24.8 Å². The fourth-order valence-electron chi connectivity index (χ4n) is 1.65. The molecule has 0 bridgehead atoms. The van der Waals surface area contributed by atoms with Crippen molar-refractivity contribution in [2.24, 2.45) is 0 Å². The molecule has 1 aromatic rings. The number of esters is 1. The van der Waals surface area contributed by atoms with Gasteiger partial charge in [-0.3, -0.25) is 4.79 Å². The first kappa shape index (κ1) is 17.0. The quantitative estimate of drug-likeness (QED) is 0.561. The van der Waals surface area contributed by atoms with Crippen molar-refractivity contribution in [1.82, 2.24) is 5.32 Å². The molecule has 0 atom stereocenters. The molecule has 5 nitrogen and oxygen atoms in total. The predicted molar refractivity (Wildman–Crippen MR) is 79.7 cm³/mol. The van der Waals surface area contributed by atoms with Crippen LogP contribution < -0.4 is 5.32 Å². The minimum atomic E-state index is -0.438. The third-order valence-corrected chi connectivity index (χ3v) is 2.76. The van der Waals surface area contributed by atoms with Crippen molar-refractivity contribution in [3.8, 4) is 0 Å². The Balaban J connectivity index is 2.00. The van der Waals surface area contributed by atoms with Gasteiger partial charge in [0.1, 0.15) is 6.61 Å². The van der Waals surface area contributed by atoms with E-state index in [0.29, 0.717) is 26.0 Å². The van der Waals surface area contributed by atoms with Gasteiger partial charge in [-0.2, -0.15) is 0 Å². The van der Waals surface area contributed by atoms with Crippen LogP contribution in [0.5, 0.6) is 0 Å². The van der Waals surface area contributed by atoms with Crippen molar-refractivity contribution < 1.29 is 19.1 Å². The largest absolute Gasteiger partial charge is 0.466 e. The topological polar surface area (TPSA) is 64.6 Å². The highest BCUT2D eigenvalue weighted by molar-refractivity contribution is 5.69. The Morgan fingerprint density at radius 3 is 2.57 bits per heavy atom. The van der Waals surface area contributed by atoms with Crippen LogP contribution in [0.15, 0.2) is 30.3 Å². The summed E-state index contributed by atoms with van der Waals surface area (Å²) in [5.41, 5.74) is 0.950. The molecule has 1 rings (SSSR count). The van der Waals surface area contributed by atoms with Crippen LogP contribution in [-0.2, 0) is 20.9 Å². The molecule has 0 aliphatic rings. The number of amides is 1. The fourth-order valence-corrected chi connectivity index (χ4v) is 1.65. The van der Waals surface area contributed by atoms with Gasteiger partial charge < -0.3 is 14.8 Å². The number of ether oxygens (including phenoxy) is 2. The highest BCUT2D eigenvalue weighted by Gasteiger charge is 2.04. The van der Waals surface area contributed by atoms with Gasteiger partial charge in [-0.15, -0.1) is 0 Å². The van der Waals surface area contributed by atoms with Gasteiger partial charge in [0.15, 0.2) is 0 Å². The molecule has 0 saturated heterocycles. The Morgan fingerprint density at radius 2 is 1.86 bits per heavy atom. The fraction of sp³-hybridized carbons (Fsp3) is 0.500. The molecule has 0 heterocycles. The van der Waals surface area contributed by atoms with Crippen molar-refractivity contribution in [2.75, 3.05) is 13.2 Å². The molecular weight excluding hydrogens is 270 g/mol. The van der Waals surface area contributed by atoms with Crippen molar-refractivity contribution >= 4 is 12.1 Å². The molecule has 0 aliphatic carbocycles. The van der Waals surface area contributed by atoms with E-state index >= 15 is 0 Å². The second-order valence-corrected chi connectivity index (χ2v) is 4.67. The van der Waals surface area contributed by atoms with Gasteiger partial charge in [0, 0.05) is 13.0 Å². The molecule has 21 heavy (non-hydrogen) atoms. The van der Waals surface area contributed by atoms with E-state index in [1.165, 1.54) is 0 Å². The summed E-state index contributed by atoms with van der Waals surface area (Å²) >= 11 is 0. The molecule has 1 N–H and O–H groups in total. The number of hydrogen-bond acceptors (Lipinski definition) is 4. The summed E-state index contributed by atoms with van der Waals surface area (Å²) in [6, 6.07) is 9.50. The zero-order valence-corrected chi connectivity index (χ0v) is 12.5. The van der Waals surface area contributed by atoms with Gasteiger partial charge in [0.05, 0.1) is 6.61 Å². The number of benzene rings is 1. The van der Waals surface area contributed by atoms with Crippen molar-refractivity contribution in [2.45, 2.75) is 39.2 Å². The summed E-state index contributed by atoms with van der Waals surface area (Å²) < 4.78 is 10.0. The summed E-state index contributed by atoms with van der Waals surface area (Å²) in [5.74, 6) is -0.177. The Kier molecular flexibility index (Phi) is 8.68. The molecule has 0 aromatic heterocycles. The Labute approximate surface area is 125 Å². The minimum absolute atomic E-state index is 0.177. The van der Waals surface area contributed by atoms with E-state index in [-0.39, 0.29) is 12.6 Å². The maximum atomic E-state index is 11.4. The van der Waals surface area contributed by atoms with Gasteiger partial charge in [0.2, 0.25) is 0 Å². The van der Waals surface area contributed by atoms with Gasteiger partial charge >= 0.3 is 12.1 Å². The van der Waals surface area contributed by atoms with E-state index < -0.39 is 6.09 Å². The van der Waals surface area contributed by atoms with E-state index in [0.717, 1.165) is 18.4 Å². The summed E-state index contributed by atoms with van der Waals surface area (Å²) in [6.45, 7) is 3.19. The predicted octanol–water partition coefficient (Wildman–Crippen LogP) is 3.04. The van der Waals surface area contributed by atoms with E-state index in [4.69, 9.17) is 9.47 Å². The van der Waals surface area contributed by atoms with E-state index in [1.54, 1.807) is 0 Å². The standard InChI is InChI=1S/C16H23NO4/c1-2-12-20-15(18)10-6-7-11-17-16(19)21-13-14-8-4-3-5-9-14/h3-5,8-9H,2,6-7,10-13H2,1H3,(H,17,19). The van der Waals surface area contributed by atoms with Crippen LogP contribution in [0.1, 0.15) is 38.2 Å². The van der Waals surface area contributed by atoms with E-state index in [2.05, 4.69) is 5.32 Å². The molecule has 0 spiro atoms. The number of hydrogen-bond donors (Lipinski definition) is 1. The second-order valence-electron chi connectivity index (χ2n) is 4.67. The SMILES string of the molecule is CCCOC(=O)CCCCNC(=O)OCc1ccccc1. The van der Waals surface area contributed by atoms with E-state index in [9.17, 15) is 9.59 Å². The zero-order valence-electron chi connectivity index (χ0n) is 12.5. The number of nitrogens with one attached hydrogen (secondary N) is 1. The third kappa shape index (κ3) is 8.68. The molecule has 116 valence electrons. The second kappa shape index (κ2) is 10.7. The zero-order chi connectivity index (χ0) is 15.3. The molecule has 0 aliphatic heterocycles. The van der Waals surface area contributed by atoms with Crippen LogP contribution in [0.25, 0.3) is 0 Å². The monoisotopic (exact) mass is 293 g/mol. The number of unbranched alkanes of at least 4 members (excludes halogenated alkanes) is 1. The highest BCUT2D eigenvalue weighted by Crippen LogP contribution is 2.01. The molecule has 1 aromatic carbocycles. The molecule has 0 radical (unpaired) electrons. The smallest absolute Gasteiger partial charge is 0.407 e. The van der Waals surface area contributed by atoms with Crippen LogP contribution in [0.2, 0.25) is 0 Å². The van der Waals surface area contributed by atoms with E-state index in [1.807, 2.05) is 37.3 Å². The maximum absolute atomic E-state index is 11.4. The van der Waals surface area contributed by atoms with Crippen molar-refractivity contribution in [3.63, 3.8) is 0 Å². The third-order valence-electron chi connectivity index (χ3n) is 2.76. The van der Waals surface area contributed by atoms with Crippen LogP contribution in [0.3, 0.4) is 0 Å². The Morgan fingerprint density at radius 1 is 1.10 bits per heavy atom. The van der Waals surface area contributed by atoms with Gasteiger partial charge in [-0.25, -0.2) is 4.79 Å². The number of rotatable bonds is 9. The summed E-state index contributed by atoms with van der Waals surface area (Å²) in [5, 5.41) is 2.66. The minimum Gasteiger partial charge on any atom is -0.466 e. The Bertz CT molecular complexity index is 420. The first-order valence-corrected chi connectivity index (χ1v) is 7.32. The lowest BCUT2D eigenvalue weighted by Gasteiger charge is -2.07. The van der Waals surface area contributed by atoms with Gasteiger partial charge in [0.25, 0.3) is 0 Å². The van der Waals surface area contributed by atoms with Crippen LogP contribution in [0.4, 0.5) is 4.79 Å². The first-order chi connectivity index (χ1) is 10.2. The lowest BCUT2D eigenvalue weighted by Crippen LogP contribution is -2.25. The molecule has 0 fully saturated rings. The number of carbonyl (C=O) groups is 2. The summed E-state index contributed by atoms with van der Waals surface area (Å²) in [6.07, 6.45) is 2.21. The average molecular weight is 293 g/mol. The first-order valence-electron chi connectivity index (χ1n) is 7.32. The normalized spacial score (nSPS) is 9.95. The van der Waals surface area contributed by atoms with Crippen molar-refractivity contribution in [3.05, 3.63) is 35.9 Å². The highest BCUT2D eigenvalue weighted by atomic mass is 16.5. The molecular formula is C16H23NO4. The molecule has 5 heteroatoms. The van der Waals surface area contributed by atoms with Crippen molar-refractivity contribution in [1.29, 1.82) is 0 Å². The molecule has 0 unspecified atom stereocenters. The number of alkyl carbamates (subject to hydrolysis) is 1. The molecule has 0 saturated carbocycles. The molecule has 1 amide bonds. The lowest BCUT2D eigenvalue weighted by molar-refractivity contribution is -0.143. The van der Waals surface area contributed by atoms with Crippen LogP contribution >= 0.6 is 0 Å². The number of carbonyl (C=O) groups excluding carboxylic acids is 2. The lowest BCUT2D eigenvalue weighted by atomic mass is 10.2. The van der Waals surface area contributed by atoms with Gasteiger partial charge in [-0.1, -0.05) is 37.3 Å². The summed E-state index contributed by atoms with van der Waals surface area (Å²) in [4.78, 5) is 22.7. The van der Waals surface area contributed by atoms with Crippen LogP contribution in [-0.4, -0.2) is 25.2 Å². The average Bonchev–Trinajstić information content (AvgIpc) is 2.51. The maximum Gasteiger partial charge on any atom is 0.407 e. The summed E-state index contributed by atoms with van der Waals surface area (Å²) in [7, 11) is 0. The van der Waals surface area contributed by atoms with Crippen LogP contribution in [0, 0.1) is 0 Å². The Hall–Kier alpha value is -2.04.